The molecule has 0 spiro atoms. The van der Waals surface area contributed by atoms with E-state index in [-0.39, 0.29) is 5.75 Å². The minimum atomic E-state index is -0.394. The molecule has 0 aliphatic heterocycles. The SMILES string of the molecule is Cc1c(Br)c2ccc(O)cc2oc1=O. The summed E-state index contributed by atoms with van der Waals surface area (Å²) in [5.74, 6) is 0.0800. The number of phenols is 1. The van der Waals surface area contributed by atoms with E-state index >= 15 is 0 Å². The van der Waals surface area contributed by atoms with Gasteiger partial charge in [0.1, 0.15) is 11.3 Å². The summed E-state index contributed by atoms with van der Waals surface area (Å²) in [4.78, 5) is 11.3. The van der Waals surface area contributed by atoms with Crippen LogP contribution in [0.15, 0.2) is 31.9 Å². The second-order valence-corrected chi connectivity index (χ2v) is 3.80. The van der Waals surface area contributed by atoms with E-state index in [0.29, 0.717) is 15.6 Å². The Hall–Kier alpha value is -1.29. The zero-order valence-electron chi connectivity index (χ0n) is 7.37. The van der Waals surface area contributed by atoms with Gasteiger partial charge in [-0.2, -0.15) is 0 Å². The first kappa shape index (κ1) is 9.27. The summed E-state index contributed by atoms with van der Waals surface area (Å²) in [5.41, 5.74) is 0.519. The van der Waals surface area contributed by atoms with Crippen molar-refractivity contribution >= 4 is 26.9 Å². The largest absolute Gasteiger partial charge is 0.508 e. The Morgan fingerprint density at radius 1 is 1.43 bits per heavy atom. The molecule has 1 heterocycles. The van der Waals surface area contributed by atoms with E-state index in [2.05, 4.69) is 15.9 Å². The first-order valence-corrected chi connectivity index (χ1v) is 4.81. The molecule has 0 saturated heterocycles. The summed E-state index contributed by atoms with van der Waals surface area (Å²) >= 11 is 3.31. The van der Waals surface area contributed by atoms with Gasteiger partial charge in [-0.1, -0.05) is 0 Å². The van der Waals surface area contributed by atoms with Crippen LogP contribution in [0.25, 0.3) is 11.0 Å². The van der Waals surface area contributed by atoms with Gasteiger partial charge < -0.3 is 9.52 Å². The molecule has 0 unspecified atom stereocenters. The molecule has 2 aromatic rings. The van der Waals surface area contributed by atoms with E-state index < -0.39 is 5.63 Å². The van der Waals surface area contributed by atoms with Crippen molar-refractivity contribution in [2.24, 2.45) is 0 Å². The van der Waals surface area contributed by atoms with Crippen LogP contribution in [0.2, 0.25) is 0 Å². The third kappa shape index (κ3) is 1.32. The van der Waals surface area contributed by atoms with Gasteiger partial charge in [0.25, 0.3) is 0 Å². The van der Waals surface area contributed by atoms with E-state index in [0.717, 1.165) is 5.39 Å². The number of fused-ring (bicyclic) bond motifs is 1. The van der Waals surface area contributed by atoms with Crippen molar-refractivity contribution < 1.29 is 9.52 Å². The Kier molecular flexibility index (Phi) is 2.07. The van der Waals surface area contributed by atoms with E-state index in [4.69, 9.17) is 4.42 Å². The quantitative estimate of drug-likeness (QED) is 0.736. The topological polar surface area (TPSA) is 50.4 Å². The summed E-state index contributed by atoms with van der Waals surface area (Å²) in [5, 5.41) is 9.98. The standard InChI is InChI=1S/C10H7BrO3/c1-5-9(11)7-3-2-6(12)4-8(7)14-10(5)13/h2-4,12H,1H3. The molecule has 0 radical (unpaired) electrons. The van der Waals surface area contributed by atoms with Crippen LogP contribution in [0.3, 0.4) is 0 Å². The first-order chi connectivity index (χ1) is 6.59. The van der Waals surface area contributed by atoms with Crippen LogP contribution in [-0.4, -0.2) is 5.11 Å². The first-order valence-electron chi connectivity index (χ1n) is 4.01. The fraction of sp³-hybridized carbons (Fsp3) is 0.100. The molecule has 0 fully saturated rings. The maximum absolute atomic E-state index is 11.3. The smallest absolute Gasteiger partial charge is 0.340 e. The van der Waals surface area contributed by atoms with Crippen LogP contribution in [0.5, 0.6) is 5.75 Å². The van der Waals surface area contributed by atoms with Crippen molar-refractivity contribution in [1.82, 2.24) is 0 Å². The summed E-state index contributed by atoms with van der Waals surface area (Å²) in [6, 6.07) is 4.66. The number of rotatable bonds is 0. The average molecular weight is 255 g/mol. The summed E-state index contributed by atoms with van der Waals surface area (Å²) < 4.78 is 5.72. The van der Waals surface area contributed by atoms with Crippen molar-refractivity contribution in [3.63, 3.8) is 0 Å². The molecular formula is C10H7BrO3. The van der Waals surface area contributed by atoms with Crippen molar-refractivity contribution in [3.05, 3.63) is 38.7 Å². The number of hydrogen-bond donors (Lipinski definition) is 1. The highest BCUT2D eigenvalue weighted by molar-refractivity contribution is 9.10. The van der Waals surface area contributed by atoms with Gasteiger partial charge >= 0.3 is 5.63 Å². The lowest BCUT2D eigenvalue weighted by molar-refractivity contribution is 0.473. The predicted octanol–water partition coefficient (Wildman–Crippen LogP) is 2.57. The minimum absolute atomic E-state index is 0.0800. The number of aromatic hydroxyl groups is 1. The number of benzene rings is 1. The lowest BCUT2D eigenvalue weighted by Crippen LogP contribution is -2.03. The Bertz CT molecular complexity index is 557. The molecule has 1 aromatic heterocycles. The zero-order valence-corrected chi connectivity index (χ0v) is 8.96. The molecule has 2 rings (SSSR count). The second kappa shape index (κ2) is 3.13. The molecule has 0 atom stereocenters. The highest BCUT2D eigenvalue weighted by Crippen LogP contribution is 2.27. The molecule has 0 bridgehead atoms. The maximum atomic E-state index is 11.3. The predicted molar refractivity (Wildman–Crippen MR) is 56.6 cm³/mol. The molecule has 14 heavy (non-hydrogen) atoms. The molecule has 0 aliphatic rings. The number of hydrogen-bond acceptors (Lipinski definition) is 3. The molecule has 0 amide bonds. The summed E-state index contributed by atoms with van der Waals surface area (Å²) in [6.45, 7) is 1.68. The van der Waals surface area contributed by atoms with Crippen molar-refractivity contribution in [2.75, 3.05) is 0 Å². The summed E-state index contributed by atoms with van der Waals surface area (Å²) in [7, 11) is 0. The molecule has 0 aliphatic carbocycles. The lowest BCUT2D eigenvalue weighted by atomic mass is 10.2. The van der Waals surface area contributed by atoms with Gasteiger partial charge in [-0.3, -0.25) is 0 Å². The van der Waals surface area contributed by atoms with Crippen LogP contribution < -0.4 is 5.63 Å². The van der Waals surface area contributed by atoms with Gasteiger partial charge in [0, 0.05) is 21.5 Å². The normalized spacial score (nSPS) is 10.7. The van der Waals surface area contributed by atoms with E-state index in [9.17, 15) is 9.90 Å². The van der Waals surface area contributed by atoms with E-state index in [1.807, 2.05) is 0 Å². The minimum Gasteiger partial charge on any atom is -0.508 e. The lowest BCUT2D eigenvalue weighted by Gasteiger charge is -2.02. The van der Waals surface area contributed by atoms with Gasteiger partial charge in [-0.25, -0.2) is 4.79 Å². The molecular weight excluding hydrogens is 248 g/mol. The average Bonchev–Trinajstić information content (AvgIpc) is 2.14. The van der Waals surface area contributed by atoms with Crippen molar-refractivity contribution in [3.8, 4) is 5.75 Å². The molecule has 0 saturated carbocycles. The number of phenolic OH excluding ortho intramolecular Hbond substituents is 1. The fourth-order valence-electron chi connectivity index (χ4n) is 1.24. The van der Waals surface area contributed by atoms with Crippen LogP contribution in [0, 0.1) is 6.92 Å². The zero-order chi connectivity index (χ0) is 10.3. The van der Waals surface area contributed by atoms with Crippen LogP contribution in [0.4, 0.5) is 0 Å². The third-order valence-electron chi connectivity index (χ3n) is 2.04. The Morgan fingerprint density at radius 3 is 2.86 bits per heavy atom. The van der Waals surface area contributed by atoms with E-state index in [1.54, 1.807) is 19.1 Å². The maximum Gasteiger partial charge on any atom is 0.340 e. The fourth-order valence-corrected chi connectivity index (χ4v) is 1.73. The Balaban J connectivity index is 2.98. The van der Waals surface area contributed by atoms with E-state index in [1.165, 1.54) is 6.07 Å². The highest BCUT2D eigenvalue weighted by atomic mass is 79.9. The highest BCUT2D eigenvalue weighted by Gasteiger charge is 2.08. The van der Waals surface area contributed by atoms with Crippen LogP contribution in [-0.2, 0) is 0 Å². The monoisotopic (exact) mass is 254 g/mol. The molecule has 4 heteroatoms. The van der Waals surface area contributed by atoms with Crippen LogP contribution in [0.1, 0.15) is 5.56 Å². The van der Waals surface area contributed by atoms with Gasteiger partial charge in [0.15, 0.2) is 0 Å². The Morgan fingerprint density at radius 2 is 2.14 bits per heavy atom. The molecule has 1 aromatic carbocycles. The van der Waals surface area contributed by atoms with Gasteiger partial charge in [0.05, 0.1) is 0 Å². The van der Waals surface area contributed by atoms with Gasteiger partial charge in [-0.15, -0.1) is 0 Å². The van der Waals surface area contributed by atoms with Gasteiger partial charge in [-0.05, 0) is 35.0 Å². The molecule has 72 valence electrons. The van der Waals surface area contributed by atoms with Crippen molar-refractivity contribution in [1.29, 1.82) is 0 Å². The molecule has 3 nitrogen and oxygen atoms in total. The van der Waals surface area contributed by atoms with Gasteiger partial charge in [0.2, 0.25) is 0 Å². The third-order valence-corrected chi connectivity index (χ3v) is 3.06. The molecule has 1 N–H and O–H groups in total. The Labute approximate surface area is 88.1 Å². The van der Waals surface area contributed by atoms with Crippen LogP contribution >= 0.6 is 15.9 Å². The summed E-state index contributed by atoms with van der Waals surface area (Å²) in [6.07, 6.45) is 0. The second-order valence-electron chi connectivity index (χ2n) is 3.01. The van der Waals surface area contributed by atoms with Crippen molar-refractivity contribution in [2.45, 2.75) is 6.92 Å². The number of halogens is 1.